The molecule has 0 spiro atoms. The van der Waals surface area contributed by atoms with Crippen LogP contribution in [0.2, 0.25) is 5.02 Å². The lowest BCUT2D eigenvalue weighted by molar-refractivity contribution is 0.102. The van der Waals surface area contributed by atoms with Crippen molar-refractivity contribution in [2.75, 3.05) is 16.6 Å². The van der Waals surface area contributed by atoms with Crippen LogP contribution in [0.15, 0.2) is 70.0 Å². The van der Waals surface area contributed by atoms with Crippen LogP contribution in [0.4, 0.5) is 10.8 Å². The monoisotopic (exact) mass is 565 g/mol. The van der Waals surface area contributed by atoms with E-state index in [0.717, 1.165) is 20.4 Å². The third-order valence-electron chi connectivity index (χ3n) is 4.47. The molecule has 0 aliphatic carbocycles. The van der Waals surface area contributed by atoms with Crippen LogP contribution in [0, 0.1) is 0 Å². The van der Waals surface area contributed by atoms with Crippen LogP contribution in [0.3, 0.4) is 0 Å². The standard InChI is InChI=1S/C22H17BrClN3O4S2/c1-2-31-16-8-10-18-19(12-16)32-22(25-18)26-21(28)13-3-9-17(24)20(11-13)33(29,30)27-15-6-4-14(23)5-7-15/h3-12,27H,2H2,1H3,(H,25,26,28). The van der Waals surface area contributed by atoms with Crippen molar-refractivity contribution in [1.82, 2.24) is 4.98 Å². The zero-order chi connectivity index (χ0) is 23.6. The Bertz CT molecular complexity index is 1440. The summed E-state index contributed by atoms with van der Waals surface area (Å²) in [5, 5.41) is 3.10. The molecule has 0 atom stereocenters. The molecule has 0 bridgehead atoms. The molecule has 33 heavy (non-hydrogen) atoms. The quantitative estimate of drug-likeness (QED) is 0.279. The lowest BCUT2D eigenvalue weighted by Crippen LogP contribution is -2.16. The third-order valence-corrected chi connectivity index (χ3v) is 7.80. The van der Waals surface area contributed by atoms with Crippen LogP contribution in [0.25, 0.3) is 10.2 Å². The number of nitrogens with zero attached hydrogens (tertiary/aromatic N) is 1. The summed E-state index contributed by atoms with van der Waals surface area (Å²) < 4.78 is 35.4. The van der Waals surface area contributed by atoms with E-state index in [9.17, 15) is 13.2 Å². The summed E-state index contributed by atoms with van der Waals surface area (Å²) in [6.07, 6.45) is 0. The summed E-state index contributed by atoms with van der Waals surface area (Å²) in [6, 6.07) is 16.2. The summed E-state index contributed by atoms with van der Waals surface area (Å²) in [5.41, 5.74) is 1.21. The highest BCUT2D eigenvalue weighted by molar-refractivity contribution is 9.10. The molecule has 4 rings (SSSR count). The van der Waals surface area contributed by atoms with Gasteiger partial charge in [-0.3, -0.25) is 14.8 Å². The molecule has 0 radical (unpaired) electrons. The molecular weight excluding hydrogens is 550 g/mol. The number of carbonyl (C=O) groups excluding carboxylic acids is 1. The highest BCUT2D eigenvalue weighted by Gasteiger charge is 2.21. The van der Waals surface area contributed by atoms with Crippen molar-refractivity contribution < 1.29 is 17.9 Å². The largest absolute Gasteiger partial charge is 0.494 e. The van der Waals surface area contributed by atoms with E-state index in [1.54, 1.807) is 24.3 Å². The Kier molecular flexibility index (Phi) is 6.89. The van der Waals surface area contributed by atoms with Gasteiger partial charge in [-0.05, 0) is 67.6 Å². The second kappa shape index (κ2) is 9.68. The van der Waals surface area contributed by atoms with Gasteiger partial charge < -0.3 is 4.74 Å². The number of carbonyl (C=O) groups is 1. The number of sulfonamides is 1. The molecule has 0 saturated heterocycles. The topological polar surface area (TPSA) is 97.4 Å². The normalized spacial score (nSPS) is 11.4. The van der Waals surface area contributed by atoms with Crippen LogP contribution in [-0.4, -0.2) is 25.9 Å². The first-order valence-corrected chi connectivity index (χ1v) is 13.1. The van der Waals surface area contributed by atoms with Gasteiger partial charge in [0.15, 0.2) is 5.13 Å². The van der Waals surface area contributed by atoms with Crippen LogP contribution >= 0.6 is 38.9 Å². The van der Waals surface area contributed by atoms with Gasteiger partial charge in [0.2, 0.25) is 0 Å². The number of amides is 1. The van der Waals surface area contributed by atoms with E-state index < -0.39 is 15.9 Å². The lowest BCUT2D eigenvalue weighted by Gasteiger charge is -2.11. The fourth-order valence-corrected chi connectivity index (χ4v) is 5.70. The molecule has 0 aliphatic heterocycles. The number of benzene rings is 3. The third kappa shape index (κ3) is 5.47. The van der Waals surface area contributed by atoms with E-state index in [1.807, 2.05) is 25.1 Å². The van der Waals surface area contributed by atoms with Gasteiger partial charge in [0.25, 0.3) is 15.9 Å². The number of fused-ring (bicyclic) bond motifs is 1. The Labute approximate surface area is 207 Å². The average molecular weight is 567 g/mol. The minimum absolute atomic E-state index is 0.000368. The first-order chi connectivity index (χ1) is 15.7. The molecule has 0 unspecified atom stereocenters. The van der Waals surface area contributed by atoms with Crippen molar-refractivity contribution in [3.8, 4) is 5.75 Å². The number of anilines is 2. The summed E-state index contributed by atoms with van der Waals surface area (Å²) >= 11 is 10.7. The van der Waals surface area contributed by atoms with Crippen molar-refractivity contribution >= 4 is 75.8 Å². The molecule has 4 aromatic rings. The number of hydrogen-bond acceptors (Lipinski definition) is 6. The number of halogens is 2. The van der Waals surface area contributed by atoms with E-state index in [1.165, 1.54) is 29.5 Å². The van der Waals surface area contributed by atoms with Gasteiger partial charge in [-0.2, -0.15) is 0 Å². The molecule has 3 aromatic carbocycles. The first-order valence-electron chi connectivity index (χ1n) is 9.68. The minimum Gasteiger partial charge on any atom is -0.494 e. The maximum Gasteiger partial charge on any atom is 0.263 e. The summed E-state index contributed by atoms with van der Waals surface area (Å²) in [5.74, 6) is 0.216. The van der Waals surface area contributed by atoms with Gasteiger partial charge in [0, 0.05) is 15.7 Å². The number of hydrogen-bond donors (Lipinski definition) is 2. The van der Waals surface area contributed by atoms with Gasteiger partial charge >= 0.3 is 0 Å². The van der Waals surface area contributed by atoms with Crippen molar-refractivity contribution in [2.24, 2.45) is 0 Å². The van der Waals surface area contributed by atoms with E-state index in [2.05, 4.69) is 31.0 Å². The Hall–Kier alpha value is -2.66. The van der Waals surface area contributed by atoms with Crippen molar-refractivity contribution in [1.29, 1.82) is 0 Å². The predicted octanol–water partition coefficient (Wildman–Crippen LogP) is 6.16. The molecular formula is C22H17BrClN3O4S2. The van der Waals surface area contributed by atoms with E-state index in [4.69, 9.17) is 16.3 Å². The maximum absolute atomic E-state index is 12.9. The van der Waals surface area contributed by atoms with Gasteiger partial charge in [-0.1, -0.05) is 38.9 Å². The van der Waals surface area contributed by atoms with Crippen LogP contribution < -0.4 is 14.8 Å². The fourth-order valence-electron chi connectivity index (χ4n) is 2.96. The number of thiazole rings is 1. The van der Waals surface area contributed by atoms with Crippen LogP contribution in [0.1, 0.15) is 17.3 Å². The van der Waals surface area contributed by atoms with E-state index >= 15 is 0 Å². The van der Waals surface area contributed by atoms with Crippen molar-refractivity contribution in [3.05, 3.63) is 75.7 Å². The molecule has 1 heterocycles. The van der Waals surface area contributed by atoms with Crippen LogP contribution in [0.5, 0.6) is 5.75 Å². The SMILES string of the molecule is CCOc1ccc2nc(NC(=O)c3ccc(Cl)c(S(=O)(=O)Nc4ccc(Br)cc4)c3)sc2c1. The highest BCUT2D eigenvalue weighted by atomic mass is 79.9. The zero-order valence-electron chi connectivity index (χ0n) is 17.1. The van der Waals surface area contributed by atoms with Crippen molar-refractivity contribution in [2.45, 2.75) is 11.8 Å². The first kappa shape index (κ1) is 23.5. The summed E-state index contributed by atoms with van der Waals surface area (Å²) in [4.78, 5) is 17.0. The summed E-state index contributed by atoms with van der Waals surface area (Å²) in [7, 11) is -4.02. The average Bonchev–Trinajstić information content (AvgIpc) is 3.17. The Balaban J connectivity index is 1.57. The Morgan fingerprint density at radius 2 is 1.88 bits per heavy atom. The van der Waals surface area contributed by atoms with E-state index in [0.29, 0.717) is 17.4 Å². The fraction of sp³-hybridized carbons (Fsp3) is 0.0909. The number of rotatable bonds is 7. The smallest absolute Gasteiger partial charge is 0.263 e. The summed E-state index contributed by atoms with van der Waals surface area (Å²) in [6.45, 7) is 2.45. The number of aromatic nitrogens is 1. The molecule has 7 nitrogen and oxygen atoms in total. The van der Waals surface area contributed by atoms with Gasteiger partial charge in [-0.25, -0.2) is 13.4 Å². The molecule has 0 fully saturated rings. The Morgan fingerprint density at radius 3 is 2.61 bits per heavy atom. The second-order valence-electron chi connectivity index (χ2n) is 6.79. The molecule has 11 heteroatoms. The van der Waals surface area contributed by atoms with E-state index in [-0.39, 0.29) is 15.5 Å². The molecule has 1 amide bonds. The molecule has 1 aromatic heterocycles. The molecule has 0 aliphatic rings. The minimum atomic E-state index is -4.02. The van der Waals surface area contributed by atoms with Gasteiger partial charge in [0.1, 0.15) is 10.6 Å². The molecule has 0 saturated carbocycles. The van der Waals surface area contributed by atoms with Crippen molar-refractivity contribution in [3.63, 3.8) is 0 Å². The van der Waals surface area contributed by atoms with Gasteiger partial charge in [-0.15, -0.1) is 0 Å². The zero-order valence-corrected chi connectivity index (χ0v) is 21.1. The predicted molar refractivity (Wildman–Crippen MR) is 135 cm³/mol. The van der Waals surface area contributed by atoms with Crippen LogP contribution in [-0.2, 0) is 10.0 Å². The molecule has 170 valence electrons. The number of ether oxygens (including phenoxy) is 1. The lowest BCUT2D eigenvalue weighted by atomic mass is 10.2. The Morgan fingerprint density at radius 1 is 1.12 bits per heavy atom. The number of nitrogens with one attached hydrogen (secondary N) is 2. The molecule has 2 N–H and O–H groups in total. The second-order valence-corrected chi connectivity index (χ2v) is 10.8. The maximum atomic E-state index is 12.9. The van der Waals surface area contributed by atoms with Gasteiger partial charge in [0.05, 0.1) is 21.8 Å². The highest BCUT2D eigenvalue weighted by Crippen LogP contribution is 2.30.